The van der Waals surface area contributed by atoms with Crippen LogP contribution in [0.2, 0.25) is 0 Å². The van der Waals surface area contributed by atoms with Gasteiger partial charge in [-0.3, -0.25) is 4.98 Å². The van der Waals surface area contributed by atoms with Gasteiger partial charge in [-0.1, -0.05) is 153 Å². The van der Waals surface area contributed by atoms with Crippen LogP contribution < -0.4 is 5.32 Å². The predicted octanol–water partition coefficient (Wildman–Crippen LogP) is 8.81. The Kier molecular flexibility index (Phi) is 8.64. The van der Waals surface area contributed by atoms with E-state index in [9.17, 15) is 0 Å². The lowest BCUT2D eigenvalue weighted by molar-refractivity contribution is 0.451. The molecule has 47 heavy (non-hydrogen) atoms. The van der Waals surface area contributed by atoms with E-state index in [2.05, 4.69) is 144 Å². The van der Waals surface area contributed by atoms with Gasteiger partial charge in [-0.2, -0.15) is 0 Å². The van der Waals surface area contributed by atoms with Crippen molar-refractivity contribution in [1.29, 1.82) is 0 Å². The SMILES string of the molecule is CCCc1ncccc1NCc1ccc(-c2ccccc2-c2nnnn2C(c2ccccc2)(c2ccccc2)c2ccccc2)cc1. The number of hydrogen-bond acceptors (Lipinski definition) is 5. The van der Waals surface area contributed by atoms with Crippen molar-refractivity contribution < 1.29 is 0 Å². The summed E-state index contributed by atoms with van der Waals surface area (Å²) in [4.78, 5) is 4.57. The third kappa shape index (κ3) is 5.82. The first-order valence-corrected chi connectivity index (χ1v) is 16.1. The maximum Gasteiger partial charge on any atom is 0.184 e. The van der Waals surface area contributed by atoms with E-state index >= 15 is 0 Å². The van der Waals surface area contributed by atoms with E-state index in [1.807, 2.05) is 41.2 Å². The fraction of sp³-hybridized carbons (Fsp3) is 0.122. The number of hydrogen-bond donors (Lipinski definition) is 1. The van der Waals surface area contributed by atoms with Gasteiger partial charge in [0, 0.05) is 18.3 Å². The number of tetrazole rings is 1. The molecule has 6 heteroatoms. The number of nitrogens with zero attached hydrogens (tertiary/aromatic N) is 5. The molecular formula is C41H36N6. The fourth-order valence-corrected chi connectivity index (χ4v) is 6.45. The van der Waals surface area contributed by atoms with Crippen LogP contribution in [0.4, 0.5) is 5.69 Å². The van der Waals surface area contributed by atoms with Crippen LogP contribution in [0.5, 0.6) is 0 Å². The van der Waals surface area contributed by atoms with Crippen LogP contribution >= 0.6 is 0 Å². The van der Waals surface area contributed by atoms with Crippen LogP contribution in [0.15, 0.2) is 158 Å². The number of aryl methyl sites for hydroxylation is 1. The highest BCUT2D eigenvalue weighted by Gasteiger charge is 2.42. The molecule has 0 spiro atoms. The third-order valence-electron chi connectivity index (χ3n) is 8.65. The predicted molar refractivity (Wildman–Crippen MR) is 189 cm³/mol. The number of nitrogens with one attached hydrogen (secondary N) is 1. The maximum atomic E-state index is 4.76. The summed E-state index contributed by atoms with van der Waals surface area (Å²) in [6.07, 6.45) is 3.88. The van der Waals surface area contributed by atoms with Gasteiger partial charge in [-0.25, -0.2) is 4.68 Å². The van der Waals surface area contributed by atoms with Gasteiger partial charge < -0.3 is 5.32 Å². The normalized spacial score (nSPS) is 11.3. The molecule has 2 heterocycles. The molecular weight excluding hydrogens is 576 g/mol. The zero-order valence-corrected chi connectivity index (χ0v) is 26.4. The lowest BCUT2D eigenvalue weighted by Gasteiger charge is -2.36. The lowest BCUT2D eigenvalue weighted by atomic mass is 9.77. The molecule has 0 aliphatic rings. The van der Waals surface area contributed by atoms with Crippen molar-refractivity contribution >= 4 is 5.69 Å². The standard InChI is InChI=1S/C41H36N6/c1-2-15-38-39(24-14-29-42-38)43-30-31-25-27-32(28-26-31)36-22-12-13-23-37(36)40-44-45-46-47(40)41(33-16-6-3-7-17-33,34-18-8-4-9-19-34)35-20-10-5-11-21-35/h3-14,16-29,43H,2,15,30H2,1H3. The molecule has 7 aromatic rings. The molecule has 2 aromatic heterocycles. The molecule has 0 aliphatic carbocycles. The lowest BCUT2D eigenvalue weighted by Crippen LogP contribution is -2.39. The van der Waals surface area contributed by atoms with E-state index in [0.29, 0.717) is 5.82 Å². The van der Waals surface area contributed by atoms with Gasteiger partial charge in [0.15, 0.2) is 5.82 Å². The summed E-state index contributed by atoms with van der Waals surface area (Å²) in [5.74, 6) is 0.683. The second-order valence-corrected chi connectivity index (χ2v) is 11.6. The summed E-state index contributed by atoms with van der Waals surface area (Å²) in [6.45, 7) is 2.90. The van der Waals surface area contributed by atoms with E-state index < -0.39 is 5.54 Å². The molecule has 230 valence electrons. The van der Waals surface area contributed by atoms with Gasteiger partial charge in [0.25, 0.3) is 0 Å². The molecule has 6 nitrogen and oxygen atoms in total. The summed E-state index contributed by atoms with van der Waals surface area (Å²) in [5.41, 5.74) is 8.87. The zero-order chi connectivity index (χ0) is 31.9. The van der Waals surface area contributed by atoms with Gasteiger partial charge in [0.1, 0.15) is 5.54 Å². The highest BCUT2D eigenvalue weighted by atomic mass is 15.6. The van der Waals surface area contributed by atoms with Crippen molar-refractivity contribution in [2.24, 2.45) is 0 Å². The number of anilines is 1. The Labute approximate surface area is 275 Å². The van der Waals surface area contributed by atoms with E-state index in [1.165, 1.54) is 5.56 Å². The average molecular weight is 613 g/mol. The largest absolute Gasteiger partial charge is 0.379 e. The van der Waals surface area contributed by atoms with Gasteiger partial charge in [-0.15, -0.1) is 5.10 Å². The van der Waals surface area contributed by atoms with Crippen LogP contribution in [0.3, 0.4) is 0 Å². The van der Waals surface area contributed by atoms with Crippen molar-refractivity contribution in [3.8, 4) is 22.5 Å². The van der Waals surface area contributed by atoms with Crippen LogP contribution in [0.25, 0.3) is 22.5 Å². The Morgan fingerprint density at radius 3 is 1.79 bits per heavy atom. The molecule has 0 unspecified atom stereocenters. The molecule has 0 atom stereocenters. The van der Waals surface area contributed by atoms with E-state index in [1.54, 1.807) is 0 Å². The Hall–Kier alpha value is -5.88. The van der Waals surface area contributed by atoms with Gasteiger partial charge >= 0.3 is 0 Å². The zero-order valence-electron chi connectivity index (χ0n) is 26.4. The van der Waals surface area contributed by atoms with Crippen molar-refractivity contribution in [2.45, 2.75) is 31.8 Å². The Morgan fingerprint density at radius 1 is 0.617 bits per heavy atom. The second kappa shape index (κ2) is 13.6. The van der Waals surface area contributed by atoms with Gasteiger partial charge in [0.2, 0.25) is 0 Å². The van der Waals surface area contributed by atoms with Crippen molar-refractivity contribution in [1.82, 2.24) is 25.2 Å². The molecule has 5 aromatic carbocycles. The first kappa shape index (κ1) is 29.8. The Morgan fingerprint density at radius 2 is 1.19 bits per heavy atom. The molecule has 0 bridgehead atoms. The topological polar surface area (TPSA) is 68.5 Å². The number of benzene rings is 5. The summed E-state index contributed by atoms with van der Waals surface area (Å²) >= 11 is 0. The molecule has 0 amide bonds. The minimum Gasteiger partial charge on any atom is -0.379 e. The Bertz CT molecular complexity index is 1940. The smallest absolute Gasteiger partial charge is 0.184 e. The fourth-order valence-electron chi connectivity index (χ4n) is 6.45. The van der Waals surface area contributed by atoms with Crippen molar-refractivity contribution in [2.75, 3.05) is 5.32 Å². The summed E-state index contributed by atoms with van der Waals surface area (Å²) in [6, 6.07) is 52.7. The van der Waals surface area contributed by atoms with Crippen LogP contribution in [0, 0.1) is 0 Å². The molecule has 0 saturated heterocycles. The number of pyridine rings is 1. The summed E-state index contributed by atoms with van der Waals surface area (Å²) in [7, 11) is 0. The Balaban J connectivity index is 1.31. The second-order valence-electron chi connectivity index (χ2n) is 11.6. The van der Waals surface area contributed by atoms with E-state index in [4.69, 9.17) is 10.3 Å². The molecule has 0 saturated carbocycles. The summed E-state index contributed by atoms with van der Waals surface area (Å²) in [5, 5.41) is 17.4. The van der Waals surface area contributed by atoms with Gasteiger partial charge in [0.05, 0.1) is 11.4 Å². The summed E-state index contributed by atoms with van der Waals surface area (Å²) < 4.78 is 1.99. The molecule has 0 aliphatic heterocycles. The van der Waals surface area contributed by atoms with Gasteiger partial charge in [-0.05, 0) is 62.4 Å². The minimum absolute atomic E-state index is 0.683. The number of aromatic nitrogens is 5. The minimum atomic E-state index is -0.825. The first-order valence-electron chi connectivity index (χ1n) is 16.1. The molecule has 0 radical (unpaired) electrons. The number of rotatable bonds is 11. The maximum absolute atomic E-state index is 4.76. The van der Waals surface area contributed by atoms with Crippen LogP contribution in [-0.4, -0.2) is 25.2 Å². The van der Waals surface area contributed by atoms with Crippen LogP contribution in [-0.2, 0) is 18.5 Å². The highest BCUT2D eigenvalue weighted by molar-refractivity contribution is 5.81. The van der Waals surface area contributed by atoms with Crippen LogP contribution in [0.1, 0.15) is 41.3 Å². The highest BCUT2D eigenvalue weighted by Crippen LogP contribution is 2.43. The third-order valence-corrected chi connectivity index (χ3v) is 8.65. The van der Waals surface area contributed by atoms with E-state index in [0.717, 1.165) is 64.1 Å². The average Bonchev–Trinajstić information content (AvgIpc) is 3.63. The first-order chi connectivity index (χ1) is 23.3. The quantitative estimate of drug-likeness (QED) is 0.148. The monoisotopic (exact) mass is 612 g/mol. The molecule has 1 N–H and O–H groups in total. The van der Waals surface area contributed by atoms with Crippen molar-refractivity contribution in [3.63, 3.8) is 0 Å². The van der Waals surface area contributed by atoms with E-state index in [-0.39, 0.29) is 0 Å². The van der Waals surface area contributed by atoms with Crippen molar-refractivity contribution in [3.05, 3.63) is 186 Å². The molecule has 7 rings (SSSR count). The molecule has 0 fully saturated rings.